The first kappa shape index (κ1) is 18.5. The molecule has 0 aliphatic carbocycles. The Bertz CT molecular complexity index is 752. The van der Waals surface area contributed by atoms with Gasteiger partial charge >= 0.3 is 0 Å². The molecule has 1 N–H and O–H groups in total. The fourth-order valence-electron chi connectivity index (χ4n) is 1.94. The monoisotopic (exact) mass is 383 g/mol. The Labute approximate surface area is 144 Å². The number of halogens is 6. The first-order valence-corrected chi connectivity index (χ1v) is 7.38. The van der Waals surface area contributed by atoms with Crippen molar-refractivity contribution in [2.75, 3.05) is 5.32 Å². The summed E-state index contributed by atoms with van der Waals surface area (Å²) in [6.07, 6.45) is -6.07. The minimum atomic E-state index is -3.05. The van der Waals surface area contributed by atoms with Gasteiger partial charge in [-0.25, -0.2) is 17.6 Å². The number of hydrogen-bond donors (Lipinski definition) is 1. The van der Waals surface area contributed by atoms with Crippen LogP contribution in [-0.2, 0) is 4.79 Å². The number of rotatable bonds is 5. The molecule has 1 unspecified atom stereocenters. The number of nitrogens with one attached hydrogen (secondary N) is 1. The summed E-state index contributed by atoms with van der Waals surface area (Å²) in [5.41, 5.74) is -1.30. The van der Waals surface area contributed by atoms with Crippen LogP contribution >= 0.6 is 23.2 Å². The van der Waals surface area contributed by atoms with E-state index in [4.69, 9.17) is 23.2 Å². The minimum Gasteiger partial charge on any atom is -0.324 e. The molecule has 0 spiro atoms. The highest BCUT2D eigenvalue weighted by Crippen LogP contribution is 2.29. The van der Waals surface area contributed by atoms with Crippen molar-refractivity contribution in [2.24, 2.45) is 0 Å². The quantitative estimate of drug-likeness (QED) is 0.715. The Morgan fingerprint density at radius 2 is 1.79 bits per heavy atom. The van der Waals surface area contributed by atoms with E-state index in [2.05, 4.69) is 10.4 Å². The third kappa shape index (κ3) is 3.99. The number of aromatic nitrogens is 2. The van der Waals surface area contributed by atoms with Crippen LogP contribution in [0.25, 0.3) is 0 Å². The molecule has 1 heterocycles. The number of anilines is 1. The molecule has 0 fully saturated rings. The smallest absolute Gasteiger partial charge is 0.282 e. The van der Waals surface area contributed by atoms with Crippen molar-refractivity contribution >= 4 is 34.8 Å². The number of alkyl halides is 4. The van der Waals surface area contributed by atoms with Gasteiger partial charge in [0.2, 0.25) is 5.91 Å². The van der Waals surface area contributed by atoms with E-state index in [0.29, 0.717) is 10.7 Å². The molecule has 0 aliphatic rings. The number of hydrogen-bond acceptors (Lipinski definition) is 2. The van der Waals surface area contributed by atoms with Gasteiger partial charge in [0.25, 0.3) is 12.9 Å². The summed E-state index contributed by atoms with van der Waals surface area (Å²) in [5.74, 6) is -0.723. The lowest BCUT2D eigenvalue weighted by atomic mass is 10.2. The van der Waals surface area contributed by atoms with Crippen LogP contribution in [0.15, 0.2) is 24.3 Å². The van der Waals surface area contributed by atoms with E-state index >= 15 is 0 Å². The van der Waals surface area contributed by atoms with Gasteiger partial charge in [0, 0.05) is 5.69 Å². The molecule has 0 saturated heterocycles. The summed E-state index contributed by atoms with van der Waals surface area (Å²) in [7, 11) is 0. The molecule has 1 aromatic heterocycles. The Morgan fingerprint density at radius 3 is 2.33 bits per heavy atom. The predicted octanol–water partition coefficient (Wildman–Crippen LogP) is 5.26. The van der Waals surface area contributed by atoms with Crippen LogP contribution in [0.5, 0.6) is 0 Å². The van der Waals surface area contributed by atoms with Gasteiger partial charge in [0.05, 0.1) is 10.0 Å². The molecule has 0 aliphatic heterocycles. The molecule has 4 nitrogen and oxygen atoms in total. The Balaban J connectivity index is 2.25. The zero-order valence-electron chi connectivity index (χ0n) is 12.1. The fraction of sp³-hybridized carbons (Fsp3) is 0.286. The van der Waals surface area contributed by atoms with Gasteiger partial charge in [-0.3, -0.25) is 9.48 Å². The Morgan fingerprint density at radius 1 is 1.12 bits per heavy atom. The van der Waals surface area contributed by atoms with Gasteiger partial charge in [-0.2, -0.15) is 5.10 Å². The zero-order chi connectivity index (χ0) is 18.0. The predicted molar refractivity (Wildman–Crippen MR) is 81.9 cm³/mol. The highest BCUT2D eigenvalue weighted by atomic mass is 35.5. The average Bonchev–Trinajstić information content (AvgIpc) is 2.95. The summed E-state index contributed by atoms with van der Waals surface area (Å²) in [4.78, 5) is 12.2. The van der Waals surface area contributed by atoms with Gasteiger partial charge in [0.15, 0.2) is 0 Å². The first-order valence-electron chi connectivity index (χ1n) is 6.62. The first-order chi connectivity index (χ1) is 11.2. The molecule has 1 amide bonds. The fourth-order valence-corrected chi connectivity index (χ4v) is 2.24. The third-order valence-electron chi connectivity index (χ3n) is 3.16. The molecule has 0 radical (unpaired) electrons. The summed E-state index contributed by atoms with van der Waals surface area (Å²) in [5, 5.41) is 6.31. The SMILES string of the molecule is CC(C(=O)Nc1ccc(Cl)c(Cl)c1)n1nc(C(F)F)cc1C(F)F. The van der Waals surface area contributed by atoms with Gasteiger partial charge < -0.3 is 5.32 Å². The highest BCUT2D eigenvalue weighted by Gasteiger charge is 2.27. The maximum absolute atomic E-state index is 13.0. The Kier molecular flexibility index (Phi) is 5.71. The van der Waals surface area contributed by atoms with Crippen molar-refractivity contribution in [3.05, 3.63) is 45.7 Å². The third-order valence-corrected chi connectivity index (χ3v) is 3.90. The second-order valence-electron chi connectivity index (χ2n) is 4.83. The Hall–Kier alpha value is -1.80. The maximum Gasteiger partial charge on any atom is 0.282 e. The zero-order valence-corrected chi connectivity index (χ0v) is 13.6. The molecule has 0 bridgehead atoms. The van der Waals surface area contributed by atoms with Crippen LogP contribution in [0.1, 0.15) is 37.2 Å². The number of nitrogens with zero attached hydrogens (tertiary/aromatic N) is 2. The van der Waals surface area contributed by atoms with Crippen molar-refractivity contribution in [2.45, 2.75) is 25.8 Å². The molecular formula is C14H11Cl2F4N3O. The summed E-state index contributed by atoms with van der Waals surface area (Å²) >= 11 is 11.6. The molecule has 1 atom stereocenters. The standard InChI is InChI=1S/C14H11Cl2F4N3O/c1-6(14(24)21-7-2-3-8(15)9(16)4-7)23-11(13(19)20)5-10(22-23)12(17)18/h2-6,12-13H,1H3,(H,21,24). The normalized spacial score (nSPS) is 12.7. The topological polar surface area (TPSA) is 46.9 Å². The van der Waals surface area contributed by atoms with Gasteiger partial charge in [-0.1, -0.05) is 23.2 Å². The maximum atomic E-state index is 13.0. The van der Waals surface area contributed by atoms with Crippen molar-refractivity contribution in [1.29, 1.82) is 0 Å². The van der Waals surface area contributed by atoms with Gasteiger partial charge in [-0.05, 0) is 31.2 Å². The van der Waals surface area contributed by atoms with Crippen molar-refractivity contribution in [3.8, 4) is 0 Å². The highest BCUT2D eigenvalue weighted by molar-refractivity contribution is 6.42. The van der Waals surface area contributed by atoms with Crippen LogP contribution in [0.3, 0.4) is 0 Å². The van der Waals surface area contributed by atoms with Crippen LogP contribution in [0.2, 0.25) is 10.0 Å². The van der Waals surface area contributed by atoms with E-state index in [1.54, 1.807) is 0 Å². The van der Waals surface area contributed by atoms with Gasteiger partial charge in [0.1, 0.15) is 17.4 Å². The summed E-state index contributed by atoms with van der Waals surface area (Å²) in [6.45, 7) is 1.26. The van der Waals surface area contributed by atoms with E-state index < -0.39 is 36.2 Å². The summed E-state index contributed by atoms with van der Waals surface area (Å²) in [6, 6.07) is 3.61. The van der Waals surface area contributed by atoms with E-state index in [-0.39, 0.29) is 15.7 Å². The average molecular weight is 384 g/mol. The van der Waals surface area contributed by atoms with Gasteiger partial charge in [-0.15, -0.1) is 0 Å². The van der Waals surface area contributed by atoms with Crippen molar-refractivity contribution in [1.82, 2.24) is 9.78 Å². The van der Waals surface area contributed by atoms with E-state index in [1.165, 1.54) is 25.1 Å². The molecular weight excluding hydrogens is 373 g/mol. The van der Waals surface area contributed by atoms with E-state index in [1.807, 2.05) is 0 Å². The summed E-state index contributed by atoms with van der Waals surface area (Å²) < 4.78 is 51.9. The lowest BCUT2D eigenvalue weighted by Gasteiger charge is -2.15. The lowest BCUT2D eigenvalue weighted by molar-refractivity contribution is -0.119. The second-order valence-corrected chi connectivity index (χ2v) is 5.65. The number of carbonyl (C=O) groups is 1. The molecule has 10 heteroatoms. The molecule has 2 aromatic rings. The van der Waals surface area contributed by atoms with E-state index in [9.17, 15) is 22.4 Å². The van der Waals surface area contributed by atoms with E-state index in [0.717, 1.165) is 0 Å². The van der Waals surface area contributed by atoms with Crippen LogP contribution < -0.4 is 5.32 Å². The molecule has 0 saturated carbocycles. The van der Waals surface area contributed by atoms with Crippen LogP contribution in [0, 0.1) is 0 Å². The lowest BCUT2D eigenvalue weighted by Crippen LogP contribution is -2.26. The number of amides is 1. The molecule has 2 rings (SSSR count). The van der Waals surface area contributed by atoms with Crippen molar-refractivity contribution < 1.29 is 22.4 Å². The number of carbonyl (C=O) groups excluding carboxylic acids is 1. The molecule has 24 heavy (non-hydrogen) atoms. The minimum absolute atomic E-state index is 0.189. The number of benzene rings is 1. The second kappa shape index (κ2) is 7.40. The molecule has 130 valence electrons. The molecule has 1 aromatic carbocycles. The van der Waals surface area contributed by atoms with Crippen LogP contribution in [-0.4, -0.2) is 15.7 Å². The van der Waals surface area contributed by atoms with Crippen molar-refractivity contribution in [3.63, 3.8) is 0 Å². The largest absolute Gasteiger partial charge is 0.324 e. The van der Waals surface area contributed by atoms with Crippen LogP contribution in [0.4, 0.5) is 23.2 Å².